The average molecular weight is 332 g/mol. The Hall–Kier alpha value is -1.14. The van der Waals surface area contributed by atoms with E-state index >= 15 is 0 Å². The molecular weight excluding hydrogens is 300 g/mol. The van der Waals surface area contributed by atoms with E-state index in [2.05, 4.69) is 6.92 Å². The SMILES string of the molecule is CCCCCCC(=O)OCC(CO)(CO)COC(=O)CCCC. The fourth-order valence-corrected chi connectivity index (χ4v) is 1.90. The molecule has 0 saturated carbocycles. The summed E-state index contributed by atoms with van der Waals surface area (Å²) in [5.41, 5.74) is -1.14. The van der Waals surface area contributed by atoms with Gasteiger partial charge in [-0.05, 0) is 12.8 Å². The minimum absolute atomic E-state index is 0.159. The molecule has 0 unspecified atom stereocenters. The molecule has 0 aromatic carbocycles. The molecule has 0 amide bonds. The second-order valence-corrected chi connectivity index (χ2v) is 6.05. The van der Waals surface area contributed by atoms with Crippen LogP contribution < -0.4 is 0 Å². The molecule has 0 heterocycles. The van der Waals surface area contributed by atoms with Crippen molar-refractivity contribution in [1.29, 1.82) is 0 Å². The van der Waals surface area contributed by atoms with Crippen LogP contribution in [0.1, 0.15) is 65.2 Å². The molecule has 0 bridgehead atoms. The van der Waals surface area contributed by atoms with E-state index in [0.717, 1.165) is 38.5 Å². The zero-order chi connectivity index (χ0) is 17.6. The number of hydrogen-bond acceptors (Lipinski definition) is 6. The van der Waals surface area contributed by atoms with Crippen LogP contribution in [-0.2, 0) is 19.1 Å². The highest BCUT2D eigenvalue weighted by Gasteiger charge is 2.32. The van der Waals surface area contributed by atoms with Crippen LogP contribution in [0.15, 0.2) is 0 Å². The maximum Gasteiger partial charge on any atom is 0.305 e. The highest BCUT2D eigenvalue weighted by Crippen LogP contribution is 2.18. The maximum atomic E-state index is 11.7. The molecule has 0 aliphatic carbocycles. The van der Waals surface area contributed by atoms with E-state index in [1.54, 1.807) is 0 Å². The number of unbranched alkanes of at least 4 members (excludes halogenated alkanes) is 4. The Balaban J connectivity index is 4.21. The molecule has 0 atom stereocenters. The zero-order valence-corrected chi connectivity index (χ0v) is 14.5. The molecule has 0 radical (unpaired) electrons. The van der Waals surface area contributed by atoms with Crippen molar-refractivity contribution in [2.45, 2.75) is 65.2 Å². The van der Waals surface area contributed by atoms with Crippen LogP contribution in [0.4, 0.5) is 0 Å². The van der Waals surface area contributed by atoms with Crippen LogP contribution in [0.2, 0.25) is 0 Å². The molecule has 0 spiro atoms. The van der Waals surface area contributed by atoms with Crippen LogP contribution >= 0.6 is 0 Å². The minimum Gasteiger partial charge on any atom is -0.465 e. The summed E-state index contributed by atoms with van der Waals surface area (Å²) in [7, 11) is 0. The van der Waals surface area contributed by atoms with Gasteiger partial charge >= 0.3 is 11.9 Å². The summed E-state index contributed by atoms with van der Waals surface area (Å²) in [6, 6.07) is 0. The van der Waals surface area contributed by atoms with Gasteiger partial charge in [0, 0.05) is 12.8 Å². The first-order valence-electron chi connectivity index (χ1n) is 8.56. The highest BCUT2D eigenvalue weighted by molar-refractivity contribution is 5.69. The molecule has 2 N–H and O–H groups in total. The van der Waals surface area contributed by atoms with Gasteiger partial charge in [-0.2, -0.15) is 0 Å². The van der Waals surface area contributed by atoms with Crippen LogP contribution in [0, 0.1) is 5.41 Å². The number of carbonyl (C=O) groups is 2. The average Bonchev–Trinajstić information content (AvgIpc) is 2.57. The first-order chi connectivity index (χ1) is 11.0. The Labute approximate surface area is 139 Å². The van der Waals surface area contributed by atoms with E-state index in [0.29, 0.717) is 12.8 Å². The van der Waals surface area contributed by atoms with E-state index < -0.39 is 18.6 Å². The molecule has 0 fully saturated rings. The lowest BCUT2D eigenvalue weighted by Crippen LogP contribution is -2.41. The van der Waals surface area contributed by atoms with Crippen molar-refractivity contribution in [2.75, 3.05) is 26.4 Å². The van der Waals surface area contributed by atoms with Gasteiger partial charge in [-0.3, -0.25) is 9.59 Å². The summed E-state index contributed by atoms with van der Waals surface area (Å²) in [5.74, 6) is -0.728. The fraction of sp³-hybridized carbons (Fsp3) is 0.882. The summed E-state index contributed by atoms with van der Waals surface area (Å²) in [4.78, 5) is 23.2. The summed E-state index contributed by atoms with van der Waals surface area (Å²) in [6.45, 7) is 2.90. The normalized spacial score (nSPS) is 11.3. The van der Waals surface area contributed by atoms with E-state index in [9.17, 15) is 19.8 Å². The van der Waals surface area contributed by atoms with Crippen molar-refractivity contribution in [3.63, 3.8) is 0 Å². The van der Waals surface area contributed by atoms with Crippen molar-refractivity contribution in [2.24, 2.45) is 5.41 Å². The van der Waals surface area contributed by atoms with Gasteiger partial charge in [0.15, 0.2) is 0 Å². The number of ether oxygens (including phenoxy) is 2. The Bertz CT molecular complexity index is 325. The molecule has 0 aliphatic rings. The van der Waals surface area contributed by atoms with Gasteiger partial charge in [-0.15, -0.1) is 0 Å². The van der Waals surface area contributed by atoms with Gasteiger partial charge in [0.05, 0.1) is 18.6 Å². The highest BCUT2D eigenvalue weighted by atomic mass is 16.5. The maximum absolute atomic E-state index is 11.7. The molecule has 0 aliphatic heterocycles. The van der Waals surface area contributed by atoms with Crippen molar-refractivity contribution in [3.8, 4) is 0 Å². The van der Waals surface area contributed by atoms with Gasteiger partial charge in [0.1, 0.15) is 13.2 Å². The van der Waals surface area contributed by atoms with Gasteiger partial charge in [-0.1, -0.05) is 39.5 Å². The predicted octanol–water partition coefficient (Wildman–Crippen LogP) is 2.20. The molecule has 0 aromatic heterocycles. The van der Waals surface area contributed by atoms with Crippen molar-refractivity contribution in [1.82, 2.24) is 0 Å². The summed E-state index contributed by atoms with van der Waals surface area (Å²) in [5, 5.41) is 19.0. The van der Waals surface area contributed by atoms with Gasteiger partial charge in [0.25, 0.3) is 0 Å². The lowest BCUT2D eigenvalue weighted by molar-refractivity contribution is -0.159. The Morgan fingerprint density at radius 1 is 0.783 bits per heavy atom. The van der Waals surface area contributed by atoms with Crippen molar-refractivity contribution >= 4 is 11.9 Å². The molecule has 23 heavy (non-hydrogen) atoms. The second-order valence-electron chi connectivity index (χ2n) is 6.05. The predicted molar refractivity (Wildman–Crippen MR) is 86.8 cm³/mol. The molecule has 0 rings (SSSR count). The lowest BCUT2D eigenvalue weighted by atomic mass is 9.92. The Kier molecular flexibility index (Phi) is 12.7. The topological polar surface area (TPSA) is 93.1 Å². The van der Waals surface area contributed by atoms with Crippen LogP contribution in [0.3, 0.4) is 0 Å². The number of rotatable bonds is 14. The quantitative estimate of drug-likeness (QED) is 0.374. The first kappa shape index (κ1) is 21.9. The van der Waals surface area contributed by atoms with Crippen LogP contribution in [-0.4, -0.2) is 48.6 Å². The van der Waals surface area contributed by atoms with Crippen molar-refractivity contribution in [3.05, 3.63) is 0 Å². The number of aliphatic hydroxyl groups is 2. The van der Waals surface area contributed by atoms with Crippen molar-refractivity contribution < 1.29 is 29.3 Å². The monoisotopic (exact) mass is 332 g/mol. The van der Waals surface area contributed by atoms with Crippen LogP contribution in [0.25, 0.3) is 0 Å². The summed E-state index contributed by atoms with van der Waals surface area (Å²) >= 11 is 0. The number of hydrogen-bond donors (Lipinski definition) is 2. The Morgan fingerprint density at radius 3 is 1.70 bits per heavy atom. The first-order valence-corrected chi connectivity index (χ1v) is 8.56. The third-order valence-electron chi connectivity index (χ3n) is 3.72. The largest absolute Gasteiger partial charge is 0.465 e. The van der Waals surface area contributed by atoms with E-state index in [4.69, 9.17) is 9.47 Å². The number of carbonyl (C=O) groups excluding carboxylic acids is 2. The van der Waals surface area contributed by atoms with Gasteiger partial charge in [-0.25, -0.2) is 0 Å². The molecular formula is C17H32O6. The Morgan fingerprint density at radius 2 is 1.26 bits per heavy atom. The smallest absolute Gasteiger partial charge is 0.305 e. The van der Waals surface area contributed by atoms with Gasteiger partial charge < -0.3 is 19.7 Å². The number of esters is 2. The minimum atomic E-state index is -1.14. The van der Waals surface area contributed by atoms with E-state index in [1.807, 2.05) is 6.92 Å². The van der Waals surface area contributed by atoms with E-state index in [-0.39, 0.29) is 25.2 Å². The zero-order valence-electron chi connectivity index (χ0n) is 14.5. The molecule has 0 aromatic rings. The molecule has 136 valence electrons. The molecule has 0 saturated heterocycles. The number of aliphatic hydroxyl groups excluding tert-OH is 2. The standard InChI is InChI=1S/C17H32O6/c1-3-5-7-8-10-16(21)23-14-17(11-18,12-19)13-22-15(20)9-6-4-2/h18-19H,3-14H2,1-2H3. The lowest BCUT2D eigenvalue weighted by Gasteiger charge is -2.28. The fourth-order valence-electron chi connectivity index (χ4n) is 1.90. The third kappa shape index (κ3) is 10.3. The summed E-state index contributed by atoms with van der Waals surface area (Å²) in [6.07, 6.45) is 6.17. The van der Waals surface area contributed by atoms with Crippen LogP contribution in [0.5, 0.6) is 0 Å². The molecule has 6 nitrogen and oxygen atoms in total. The van der Waals surface area contributed by atoms with E-state index in [1.165, 1.54) is 0 Å². The molecule has 6 heteroatoms. The third-order valence-corrected chi connectivity index (χ3v) is 3.72. The second kappa shape index (κ2) is 13.3. The summed E-state index contributed by atoms with van der Waals surface area (Å²) < 4.78 is 10.2. The van der Waals surface area contributed by atoms with Gasteiger partial charge in [0.2, 0.25) is 0 Å².